The highest BCUT2D eigenvalue weighted by atomic mass is 35.5. The Morgan fingerprint density at radius 3 is 2.53 bits per heavy atom. The second kappa shape index (κ2) is 11.5. The summed E-state index contributed by atoms with van der Waals surface area (Å²) >= 11 is 19.0. The molecule has 0 aliphatic carbocycles. The average molecular weight is 525 g/mol. The Labute approximate surface area is 217 Å². The smallest absolute Gasteiger partial charge is 0.317 e. The zero-order valence-electron chi connectivity index (χ0n) is 19.4. The van der Waals surface area contributed by atoms with Crippen molar-refractivity contribution in [3.05, 3.63) is 62.6 Å². The summed E-state index contributed by atoms with van der Waals surface area (Å²) in [6, 6.07) is 12.3. The van der Waals surface area contributed by atoms with Crippen molar-refractivity contribution < 1.29 is 9.90 Å². The van der Waals surface area contributed by atoms with Crippen LogP contribution in [0.1, 0.15) is 55.7 Å². The fraction of sp³-hybridized carbons (Fsp3) is 0.500. The number of nitrogens with one attached hydrogen (secondary N) is 1. The molecule has 2 atom stereocenters. The molecule has 34 heavy (non-hydrogen) atoms. The number of nitrogens with zero attached hydrogens (tertiary/aromatic N) is 2. The molecule has 8 heteroatoms. The van der Waals surface area contributed by atoms with Crippen LogP contribution in [0.15, 0.2) is 36.4 Å². The Kier molecular flexibility index (Phi) is 8.65. The SMILES string of the molecule is C[C@@H](Nc1cc(C2CCN([C@H]3CCCN(CC(=O)O)C3)CC2)ccc1Cl)c1ccc(Cl)cc1Cl. The molecule has 184 valence electrons. The van der Waals surface area contributed by atoms with Gasteiger partial charge in [-0.05, 0) is 93.6 Å². The fourth-order valence-corrected chi connectivity index (χ4v) is 6.08. The first-order chi connectivity index (χ1) is 16.3. The van der Waals surface area contributed by atoms with E-state index in [9.17, 15) is 4.79 Å². The highest BCUT2D eigenvalue weighted by molar-refractivity contribution is 6.35. The summed E-state index contributed by atoms with van der Waals surface area (Å²) in [4.78, 5) is 15.7. The van der Waals surface area contributed by atoms with E-state index in [1.165, 1.54) is 5.56 Å². The van der Waals surface area contributed by atoms with Gasteiger partial charge < -0.3 is 10.4 Å². The molecule has 0 aromatic heterocycles. The van der Waals surface area contributed by atoms with Gasteiger partial charge >= 0.3 is 5.97 Å². The van der Waals surface area contributed by atoms with Crippen LogP contribution in [0, 0.1) is 0 Å². The van der Waals surface area contributed by atoms with Gasteiger partial charge in [0, 0.05) is 22.6 Å². The molecule has 0 amide bonds. The quantitative estimate of drug-likeness (QED) is 0.430. The average Bonchev–Trinajstić information content (AvgIpc) is 2.80. The predicted molar refractivity (Wildman–Crippen MR) is 141 cm³/mol. The van der Waals surface area contributed by atoms with Crippen molar-refractivity contribution in [1.29, 1.82) is 0 Å². The molecule has 2 aromatic carbocycles. The number of hydrogen-bond donors (Lipinski definition) is 2. The van der Waals surface area contributed by atoms with Gasteiger partial charge in [-0.3, -0.25) is 14.6 Å². The summed E-state index contributed by atoms with van der Waals surface area (Å²) in [5.41, 5.74) is 3.19. The van der Waals surface area contributed by atoms with E-state index < -0.39 is 5.97 Å². The summed E-state index contributed by atoms with van der Waals surface area (Å²) in [5.74, 6) is -0.249. The number of benzene rings is 2. The van der Waals surface area contributed by atoms with Gasteiger partial charge in [-0.2, -0.15) is 0 Å². The molecule has 0 saturated carbocycles. The number of carboxylic acid groups (broad SMARTS) is 1. The van der Waals surface area contributed by atoms with Crippen LogP contribution in [-0.2, 0) is 4.79 Å². The first kappa shape index (κ1) is 25.6. The predicted octanol–water partition coefficient (Wildman–Crippen LogP) is 6.55. The number of piperidine rings is 2. The molecule has 0 radical (unpaired) electrons. The molecule has 2 aromatic rings. The van der Waals surface area contributed by atoms with Crippen molar-refractivity contribution in [1.82, 2.24) is 9.80 Å². The lowest BCUT2D eigenvalue weighted by atomic mass is 9.88. The van der Waals surface area contributed by atoms with Crippen LogP contribution >= 0.6 is 34.8 Å². The molecule has 0 bridgehead atoms. The number of likely N-dealkylation sites (tertiary alicyclic amines) is 2. The van der Waals surface area contributed by atoms with Gasteiger partial charge in [0.05, 0.1) is 23.3 Å². The molecule has 2 heterocycles. The minimum Gasteiger partial charge on any atom is -0.480 e. The van der Waals surface area contributed by atoms with Gasteiger partial charge in [-0.1, -0.05) is 46.9 Å². The molecule has 2 fully saturated rings. The summed E-state index contributed by atoms with van der Waals surface area (Å²) in [5, 5.41) is 14.6. The molecular weight excluding hydrogens is 493 g/mol. The van der Waals surface area contributed by atoms with E-state index in [2.05, 4.69) is 34.2 Å². The minimum atomic E-state index is -0.737. The molecule has 0 spiro atoms. The molecule has 2 saturated heterocycles. The van der Waals surface area contributed by atoms with Crippen LogP contribution in [0.3, 0.4) is 0 Å². The van der Waals surface area contributed by atoms with Crippen molar-refractivity contribution in [3.63, 3.8) is 0 Å². The van der Waals surface area contributed by atoms with Gasteiger partial charge in [-0.25, -0.2) is 0 Å². The molecule has 2 N–H and O–H groups in total. The van der Waals surface area contributed by atoms with E-state index in [1.54, 1.807) is 6.07 Å². The van der Waals surface area contributed by atoms with Crippen LogP contribution in [0.4, 0.5) is 5.69 Å². The largest absolute Gasteiger partial charge is 0.480 e. The van der Waals surface area contributed by atoms with Crippen molar-refractivity contribution in [2.24, 2.45) is 0 Å². The third-order valence-electron chi connectivity index (χ3n) is 7.15. The highest BCUT2D eigenvalue weighted by Gasteiger charge is 2.30. The fourth-order valence-electron chi connectivity index (χ4n) is 5.33. The lowest BCUT2D eigenvalue weighted by Gasteiger charge is -2.42. The van der Waals surface area contributed by atoms with Crippen LogP contribution in [-0.4, -0.2) is 59.6 Å². The Morgan fingerprint density at radius 2 is 1.82 bits per heavy atom. The Hall–Kier alpha value is -1.50. The third-order valence-corrected chi connectivity index (χ3v) is 8.04. The van der Waals surface area contributed by atoms with Gasteiger partial charge in [-0.15, -0.1) is 0 Å². The number of hydrogen-bond acceptors (Lipinski definition) is 4. The topological polar surface area (TPSA) is 55.8 Å². The van der Waals surface area contributed by atoms with Gasteiger partial charge in [0.25, 0.3) is 0 Å². The second-order valence-electron chi connectivity index (χ2n) is 9.51. The molecule has 5 nitrogen and oxygen atoms in total. The minimum absolute atomic E-state index is 0.0144. The van der Waals surface area contributed by atoms with Crippen LogP contribution in [0.25, 0.3) is 0 Å². The number of anilines is 1. The van der Waals surface area contributed by atoms with Gasteiger partial charge in [0.15, 0.2) is 0 Å². The normalized spacial score (nSPS) is 21.4. The van der Waals surface area contributed by atoms with E-state index >= 15 is 0 Å². The summed E-state index contributed by atoms with van der Waals surface area (Å²) in [7, 11) is 0. The number of halogens is 3. The lowest BCUT2D eigenvalue weighted by Crippen LogP contribution is -2.51. The Bertz CT molecular complexity index is 1010. The highest BCUT2D eigenvalue weighted by Crippen LogP contribution is 2.36. The van der Waals surface area contributed by atoms with E-state index in [0.717, 1.165) is 63.1 Å². The monoisotopic (exact) mass is 523 g/mol. The van der Waals surface area contributed by atoms with E-state index in [-0.39, 0.29) is 12.6 Å². The first-order valence-corrected chi connectivity index (χ1v) is 13.1. The standard InChI is InChI=1S/C26H32Cl3N3O2/c1-17(22-6-5-20(27)14-24(22)29)30-25-13-19(4-7-23(25)28)18-8-11-32(12-9-18)21-3-2-10-31(15-21)16-26(33)34/h4-7,13-14,17-18,21,30H,2-3,8-12,15-16H2,1H3,(H,33,34)/t17-,21+/m1/s1. The number of rotatable bonds is 7. The van der Waals surface area contributed by atoms with Gasteiger partial charge in [0.1, 0.15) is 0 Å². The lowest BCUT2D eigenvalue weighted by molar-refractivity contribution is -0.138. The van der Waals surface area contributed by atoms with E-state index in [0.29, 0.717) is 27.0 Å². The first-order valence-electron chi connectivity index (χ1n) is 12.0. The molecule has 0 unspecified atom stereocenters. The Morgan fingerprint density at radius 1 is 1.06 bits per heavy atom. The van der Waals surface area contributed by atoms with Crippen molar-refractivity contribution in [2.75, 3.05) is 38.0 Å². The number of aliphatic carboxylic acids is 1. The van der Waals surface area contributed by atoms with Crippen molar-refractivity contribution in [3.8, 4) is 0 Å². The van der Waals surface area contributed by atoms with Crippen LogP contribution in [0.5, 0.6) is 0 Å². The van der Waals surface area contributed by atoms with Crippen LogP contribution < -0.4 is 5.32 Å². The third kappa shape index (κ3) is 6.38. The zero-order valence-corrected chi connectivity index (χ0v) is 21.7. The summed E-state index contributed by atoms with van der Waals surface area (Å²) < 4.78 is 0. The zero-order chi connectivity index (χ0) is 24.2. The van der Waals surface area contributed by atoms with E-state index in [4.69, 9.17) is 39.9 Å². The maximum absolute atomic E-state index is 11.1. The molecule has 2 aliphatic heterocycles. The summed E-state index contributed by atoms with van der Waals surface area (Å²) in [6.45, 7) is 6.04. The van der Waals surface area contributed by atoms with Gasteiger partial charge in [0.2, 0.25) is 0 Å². The maximum Gasteiger partial charge on any atom is 0.317 e. The molecular formula is C26H32Cl3N3O2. The summed E-state index contributed by atoms with van der Waals surface area (Å²) in [6.07, 6.45) is 4.41. The number of carbonyl (C=O) groups is 1. The second-order valence-corrected chi connectivity index (χ2v) is 10.8. The number of carboxylic acids is 1. The van der Waals surface area contributed by atoms with Crippen molar-refractivity contribution in [2.45, 2.75) is 50.6 Å². The maximum atomic E-state index is 11.1. The van der Waals surface area contributed by atoms with E-state index in [1.807, 2.05) is 18.2 Å². The van der Waals surface area contributed by atoms with Crippen LogP contribution in [0.2, 0.25) is 15.1 Å². The Balaban J connectivity index is 1.37. The molecule has 2 aliphatic rings. The molecule has 4 rings (SSSR count). The van der Waals surface area contributed by atoms with Crippen molar-refractivity contribution >= 4 is 46.5 Å².